The first kappa shape index (κ1) is 16.3. The second-order valence-corrected chi connectivity index (χ2v) is 6.12. The molecule has 0 radical (unpaired) electrons. The van der Waals surface area contributed by atoms with Crippen molar-refractivity contribution in [1.82, 2.24) is 5.32 Å². The first-order chi connectivity index (χ1) is 10.2. The van der Waals surface area contributed by atoms with Gasteiger partial charge in [0.25, 0.3) is 0 Å². The third-order valence-corrected chi connectivity index (χ3v) is 4.41. The molecule has 0 spiro atoms. The molecule has 1 N–H and O–H groups in total. The molecule has 1 amide bonds. The minimum absolute atomic E-state index is 0.151. The van der Waals surface area contributed by atoms with Crippen LogP contribution < -0.4 is 5.32 Å². The molecule has 2 rings (SSSR count). The molecule has 1 heterocycles. The summed E-state index contributed by atoms with van der Waals surface area (Å²) in [5.74, 6) is -0.413. The summed E-state index contributed by atoms with van der Waals surface area (Å²) < 4.78 is 10.8. The van der Waals surface area contributed by atoms with Crippen LogP contribution in [-0.4, -0.2) is 36.7 Å². The Balaban J connectivity index is 1.98. The first-order valence-electron chi connectivity index (χ1n) is 8.29. The van der Waals surface area contributed by atoms with Gasteiger partial charge in [-0.2, -0.15) is 0 Å². The second-order valence-electron chi connectivity index (χ2n) is 6.12. The molecule has 2 fully saturated rings. The Hall–Kier alpha value is -1.10. The highest BCUT2D eigenvalue weighted by atomic mass is 16.5. The number of carbonyl (C=O) groups is 2. The highest BCUT2D eigenvalue weighted by Gasteiger charge is 2.43. The number of nitrogens with one attached hydrogen (secondary N) is 1. The average molecular weight is 297 g/mol. The summed E-state index contributed by atoms with van der Waals surface area (Å²) in [5.41, 5.74) is -0.824. The van der Waals surface area contributed by atoms with Crippen molar-refractivity contribution in [2.45, 2.75) is 76.4 Å². The van der Waals surface area contributed by atoms with Crippen LogP contribution in [0.25, 0.3) is 0 Å². The van der Waals surface area contributed by atoms with Gasteiger partial charge in [0.1, 0.15) is 11.6 Å². The maximum absolute atomic E-state index is 12.5. The molecule has 120 valence electrons. The van der Waals surface area contributed by atoms with Crippen LogP contribution >= 0.6 is 0 Å². The van der Waals surface area contributed by atoms with Gasteiger partial charge in [-0.1, -0.05) is 32.6 Å². The summed E-state index contributed by atoms with van der Waals surface area (Å²) in [7, 11) is 0. The van der Waals surface area contributed by atoms with E-state index in [9.17, 15) is 9.59 Å². The summed E-state index contributed by atoms with van der Waals surface area (Å²) in [6.45, 7) is 3.13. The molecular formula is C16H27NO4. The van der Waals surface area contributed by atoms with Crippen LogP contribution in [0.4, 0.5) is 0 Å². The summed E-state index contributed by atoms with van der Waals surface area (Å²) in [6, 6.07) is 0. The lowest BCUT2D eigenvalue weighted by molar-refractivity contribution is -0.157. The Morgan fingerprint density at radius 3 is 2.62 bits per heavy atom. The number of ether oxygens (including phenoxy) is 2. The van der Waals surface area contributed by atoms with E-state index in [1.165, 1.54) is 0 Å². The lowest BCUT2D eigenvalue weighted by Gasteiger charge is -2.36. The molecule has 5 nitrogen and oxygen atoms in total. The first-order valence-corrected chi connectivity index (χ1v) is 8.29. The van der Waals surface area contributed by atoms with Crippen LogP contribution in [0.3, 0.4) is 0 Å². The lowest BCUT2D eigenvalue weighted by Crippen LogP contribution is -2.58. The van der Waals surface area contributed by atoms with Crippen molar-refractivity contribution in [2.24, 2.45) is 0 Å². The van der Waals surface area contributed by atoms with Gasteiger partial charge in [-0.05, 0) is 32.1 Å². The van der Waals surface area contributed by atoms with Crippen molar-refractivity contribution in [3.8, 4) is 0 Å². The molecule has 0 aromatic heterocycles. The number of rotatable bonds is 6. The Labute approximate surface area is 126 Å². The van der Waals surface area contributed by atoms with Gasteiger partial charge in [-0.25, -0.2) is 4.79 Å². The van der Waals surface area contributed by atoms with Gasteiger partial charge in [-0.15, -0.1) is 0 Å². The van der Waals surface area contributed by atoms with Gasteiger partial charge in [0.2, 0.25) is 5.91 Å². The third kappa shape index (κ3) is 4.19. The van der Waals surface area contributed by atoms with Crippen molar-refractivity contribution in [1.29, 1.82) is 0 Å². The number of hydrogen-bond donors (Lipinski definition) is 1. The van der Waals surface area contributed by atoms with Crippen LogP contribution in [0.5, 0.6) is 0 Å². The zero-order chi connectivity index (χ0) is 15.1. The average Bonchev–Trinajstić information content (AvgIpc) is 3.02. The highest BCUT2D eigenvalue weighted by Crippen LogP contribution is 2.30. The van der Waals surface area contributed by atoms with Crippen LogP contribution in [0, 0.1) is 0 Å². The Morgan fingerprint density at radius 2 is 2.00 bits per heavy atom. The van der Waals surface area contributed by atoms with Gasteiger partial charge in [0.05, 0.1) is 6.61 Å². The number of carbonyl (C=O) groups excluding carboxylic acids is 2. The molecule has 1 saturated heterocycles. The maximum Gasteiger partial charge on any atom is 0.331 e. The van der Waals surface area contributed by atoms with Gasteiger partial charge in [0, 0.05) is 6.61 Å². The van der Waals surface area contributed by atoms with E-state index < -0.39 is 11.6 Å². The standard InChI is InChI=1S/C16H27NO4/c1-2-3-11-21-15(19)16(9-5-4-6-10-16)17-14(18)13-8-7-12-20-13/h13H,2-12H2,1H3,(H,17,18)/t13-/m0/s1. The Bertz CT molecular complexity index is 357. The fourth-order valence-corrected chi connectivity index (χ4v) is 3.08. The monoisotopic (exact) mass is 297 g/mol. The molecule has 0 aromatic rings. The summed E-state index contributed by atoms with van der Waals surface area (Å²) in [5, 5.41) is 2.96. The van der Waals surface area contributed by atoms with Crippen molar-refractivity contribution in [3.63, 3.8) is 0 Å². The maximum atomic E-state index is 12.5. The van der Waals surface area contributed by atoms with Crippen molar-refractivity contribution in [3.05, 3.63) is 0 Å². The Kier molecular flexibility index (Phi) is 6.03. The Morgan fingerprint density at radius 1 is 1.24 bits per heavy atom. The van der Waals surface area contributed by atoms with Crippen LogP contribution in [-0.2, 0) is 19.1 Å². The predicted octanol–water partition coefficient (Wildman–Crippen LogP) is 2.33. The molecule has 1 saturated carbocycles. The molecule has 0 bridgehead atoms. The molecule has 5 heteroatoms. The second kappa shape index (κ2) is 7.78. The lowest BCUT2D eigenvalue weighted by atomic mass is 9.81. The summed E-state index contributed by atoms with van der Waals surface area (Å²) >= 11 is 0. The SMILES string of the molecule is CCCCOC(=O)C1(NC(=O)[C@@H]2CCCO2)CCCCC1. The molecule has 1 aliphatic carbocycles. The van der Waals surface area contributed by atoms with Crippen molar-refractivity contribution in [2.75, 3.05) is 13.2 Å². The number of hydrogen-bond acceptors (Lipinski definition) is 4. The topological polar surface area (TPSA) is 64.6 Å². The summed E-state index contributed by atoms with van der Waals surface area (Å²) in [6.07, 6.45) is 7.48. The van der Waals surface area contributed by atoms with Crippen LogP contribution in [0.2, 0.25) is 0 Å². The van der Waals surface area contributed by atoms with E-state index >= 15 is 0 Å². The van der Waals surface area contributed by atoms with Gasteiger partial charge >= 0.3 is 5.97 Å². The molecular weight excluding hydrogens is 270 g/mol. The number of esters is 1. The minimum Gasteiger partial charge on any atom is -0.464 e. The van der Waals surface area contributed by atoms with E-state index in [1.807, 2.05) is 0 Å². The molecule has 1 aliphatic heterocycles. The van der Waals surface area contributed by atoms with Crippen LogP contribution in [0.15, 0.2) is 0 Å². The van der Waals surface area contributed by atoms with Crippen molar-refractivity contribution >= 4 is 11.9 Å². The molecule has 0 aromatic carbocycles. The van der Waals surface area contributed by atoms with Crippen LogP contribution in [0.1, 0.15) is 64.7 Å². The molecule has 2 aliphatic rings. The zero-order valence-electron chi connectivity index (χ0n) is 13.0. The van der Waals surface area contributed by atoms with Gasteiger partial charge < -0.3 is 14.8 Å². The number of amides is 1. The van der Waals surface area contributed by atoms with Gasteiger partial charge in [0.15, 0.2) is 0 Å². The molecule has 21 heavy (non-hydrogen) atoms. The minimum atomic E-state index is -0.824. The van der Waals surface area contributed by atoms with E-state index in [0.29, 0.717) is 26.1 Å². The predicted molar refractivity (Wildman–Crippen MR) is 78.8 cm³/mol. The smallest absolute Gasteiger partial charge is 0.331 e. The largest absolute Gasteiger partial charge is 0.464 e. The van der Waals surface area contributed by atoms with E-state index in [4.69, 9.17) is 9.47 Å². The highest BCUT2D eigenvalue weighted by molar-refractivity contribution is 5.90. The number of unbranched alkanes of at least 4 members (excludes halogenated alkanes) is 1. The van der Waals surface area contributed by atoms with Crippen molar-refractivity contribution < 1.29 is 19.1 Å². The fraction of sp³-hybridized carbons (Fsp3) is 0.875. The quantitative estimate of drug-likeness (QED) is 0.603. The normalized spacial score (nSPS) is 24.5. The third-order valence-electron chi connectivity index (χ3n) is 4.41. The summed E-state index contributed by atoms with van der Waals surface area (Å²) in [4.78, 5) is 24.8. The van der Waals surface area contributed by atoms with Gasteiger partial charge in [-0.3, -0.25) is 4.79 Å². The van der Waals surface area contributed by atoms with E-state index in [2.05, 4.69) is 12.2 Å². The van der Waals surface area contributed by atoms with E-state index in [1.54, 1.807) is 0 Å². The fourth-order valence-electron chi connectivity index (χ4n) is 3.08. The molecule has 0 unspecified atom stereocenters. The zero-order valence-corrected chi connectivity index (χ0v) is 13.0. The molecule has 1 atom stereocenters. The van der Waals surface area contributed by atoms with E-state index in [-0.39, 0.29) is 11.9 Å². The van der Waals surface area contributed by atoms with E-state index in [0.717, 1.165) is 44.9 Å².